The van der Waals surface area contributed by atoms with E-state index in [4.69, 9.17) is 0 Å². The number of amides is 1. The van der Waals surface area contributed by atoms with E-state index in [-0.39, 0.29) is 5.91 Å². The Morgan fingerprint density at radius 2 is 2.29 bits per heavy atom. The highest BCUT2D eigenvalue weighted by molar-refractivity contribution is 14.1. The summed E-state index contributed by atoms with van der Waals surface area (Å²) in [4.78, 5) is 14.4. The van der Waals surface area contributed by atoms with E-state index in [0.717, 1.165) is 33.1 Å². The molecule has 1 aliphatic rings. The van der Waals surface area contributed by atoms with Gasteiger partial charge in [0.1, 0.15) is 0 Å². The van der Waals surface area contributed by atoms with Crippen molar-refractivity contribution in [2.24, 2.45) is 5.92 Å². The van der Waals surface area contributed by atoms with E-state index in [2.05, 4.69) is 45.4 Å². The van der Waals surface area contributed by atoms with Crippen LogP contribution >= 0.6 is 38.5 Å². The number of benzene rings is 1. The maximum atomic E-state index is 12.4. The van der Waals surface area contributed by atoms with Crippen LogP contribution in [0.3, 0.4) is 0 Å². The zero-order valence-electron chi connectivity index (χ0n) is 9.75. The lowest BCUT2D eigenvalue weighted by Gasteiger charge is -2.31. The minimum atomic E-state index is 0.155. The topological polar surface area (TPSA) is 20.3 Å². The van der Waals surface area contributed by atoms with Gasteiger partial charge in [-0.05, 0) is 75.5 Å². The van der Waals surface area contributed by atoms with Gasteiger partial charge in [0.25, 0.3) is 5.91 Å². The summed E-state index contributed by atoms with van der Waals surface area (Å²) < 4.78 is 1.99. The van der Waals surface area contributed by atoms with Crippen molar-refractivity contribution in [3.8, 4) is 0 Å². The Balaban J connectivity index is 2.21. The van der Waals surface area contributed by atoms with E-state index in [0.29, 0.717) is 5.92 Å². The summed E-state index contributed by atoms with van der Waals surface area (Å²) in [6, 6.07) is 5.90. The number of carbonyl (C=O) groups is 1. The van der Waals surface area contributed by atoms with Crippen molar-refractivity contribution in [3.05, 3.63) is 31.8 Å². The third-order valence-electron chi connectivity index (χ3n) is 3.10. The molecule has 92 valence electrons. The zero-order chi connectivity index (χ0) is 12.4. The number of hydrogen-bond acceptors (Lipinski definition) is 1. The standard InChI is InChI=1S/C13H15BrINO/c1-9-3-2-6-16(8-9)13(17)11-7-10(15)4-5-12(11)14/h4-5,7,9H,2-3,6,8H2,1H3. The Kier molecular flexibility index (Phi) is 4.47. The molecule has 0 spiro atoms. The highest BCUT2D eigenvalue weighted by Gasteiger charge is 2.23. The maximum absolute atomic E-state index is 12.4. The molecule has 0 radical (unpaired) electrons. The summed E-state index contributed by atoms with van der Waals surface area (Å²) in [7, 11) is 0. The Morgan fingerprint density at radius 1 is 1.53 bits per heavy atom. The van der Waals surface area contributed by atoms with E-state index < -0.39 is 0 Å². The fraction of sp³-hybridized carbons (Fsp3) is 0.462. The molecule has 0 aliphatic carbocycles. The first-order valence-corrected chi connectivity index (χ1v) is 7.69. The molecule has 1 fully saturated rings. The van der Waals surface area contributed by atoms with Crippen LogP contribution in [0, 0.1) is 9.49 Å². The summed E-state index contributed by atoms with van der Waals surface area (Å²) in [6.45, 7) is 3.99. The fourth-order valence-corrected chi connectivity index (χ4v) is 3.11. The van der Waals surface area contributed by atoms with Crippen molar-refractivity contribution in [2.45, 2.75) is 19.8 Å². The molecule has 17 heavy (non-hydrogen) atoms. The van der Waals surface area contributed by atoms with Gasteiger partial charge in [-0.25, -0.2) is 0 Å². The van der Waals surface area contributed by atoms with E-state index in [1.165, 1.54) is 6.42 Å². The minimum absolute atomic E-state index is 0.155. The molecule has 1 saturated heterocycles. The molecule has 0 bridgehead atoms. The second kappa shape index (κ2) is 5.69. The van der Waals surface area contributed by atoms with E-state index in [9.17, 15) is 4.79 Å². The summed E-state index contributed by atoms with van der Waals surface area (Å²) in [6.07, 6.45) is 2.35. The highest BCUT2D eigenvalue weighted by atomic mass is 127. The van der Waals surface area contributed by atoms with Gasteiger partial charge >= 0.3 is 0 Å². The Bertz CT molecular complexity index is 435. The number of nitrogens with zero attached hydrogens (tertiary/aromatic N) is 1. The molecular weight excluding hydrogens is 393 g/mol. The molecule has 1 amide bonds. The summed E-state index contributed by atoms with van der Waals surface area (Å²) in [5, 5.41) is 0. The average molecular weight is 408 g/mol. The number of rotatable bonds is 1. The quantitative estimate of drug-likeness (QED) is 0.646. The lowest BCUT2D eigenvalue weighted by atomic mass is 9.99. The lowest BCUT2D eigenvalue weighted by molar-refractivity contribution is 0.0682. The molecule has 1 aliphatic heterocycles. The third kappa shape index (κ3) is 3.22. The Labute approximate surface area is 124 Å². The second-order valence-corrected chi connectivity index (χ2v) is 6.72. The summed E-state index contributed by atoms with van der Waals surface area (Å²) in [5.74, 6) is 0.774. The molecule has 1 aromatic carbocycles. The monoisotopic (exact) mass is 407 g/mol. The molecular formula is C13H15BrINO. The smallest absolute Gasteiger partial charge is 0.255 e. The van der Waals surface area contributed by atoms with Gasteiger partial charge in [0.2, 0.25) is 0 Å². The lowest BCUT2D eigenvalue weighted by Crippen LogP contribution is -2.39. The number of halogens is 2. The molecule has 1 heterocycles. The van der Waals surface area contributed by atoms with Crippen molar-refractivity contribution in [3.63, 3.8) is 0 Å². The van der Waals surface area contributed by atoms with Crippen LogP contribution in [-0.4, -0.2) is 23.9 Å². The van der Waals surface area contributed by atoms with E-state index in [1.807, 2.05) is 23.1 Å². The van der Waals surface area contributed by atoms with Crippen molar-refractivity contribution < 1.29 is 4.79 Å². The van der Waals surface area contributed by atoms with Crippen molar-refractivity contribution in [1.82, 2.24) is 4.90 Å². The molecule has 4 heteroatoms. The van der Waals surface area contributed by atoms with Crippen molar-refractivity contribution in [2.75, 3.05) is 13.1 Å². The van der Waals surface area contributed by atoms with E-state index >= 15 is 0 Å². The predicted octanol–water partition coefficient (Wildman–Crippen LogP) is 3.93. The van der Waals surface area contributed by atoms with E-state index in [1.54, 1.807) is 0 Å². The Morgan fingerprint density at radius 3 is 3.00 bits per heavy atom. The first-order valence-electron chi connectivity index (χ1n) is 5.82. The van der Waals surface area contributed by atoms with Crippen LogP contribution in [0.15, 0.2) is 22.7 Å². The third-order valence-corrected chi connectivity index (χ3v) is 4.47. The van der Waals surface area contributed by atoms with Gasteiger partial charge in [-0.2, -0.15) is 0 Å². The van der Waals surface area contributed by atoms with Crippen LogP contribution in [0.2, 0.25) is 0 Å². The van der Waals surface area contributed by atoms with Crippen LogP contribution in [0.5, 0.6) is 0 Å². The summed E-state index contributed by atoms with van der Waals surface area (Å²) >= 11 is 5.70. The SMILES string of the molecule is CC1CCCN(C(=O)c2cc(I)ccc2Br)C1. The van der Waals surface area contributed by atoms with Crippen molar-refractivity contribution in [1.29, 1.82) is 0 Å². The molecule has 1 aromatic rings. The summed E-state index contributed by atoms with van der Waals surface area (Å²) in [5.41, 5.74) is 0.783. The molecule has 2 rings (SSSR count). The normalized spacial score (nSPS) is 20.4. The van der Waals surface area contributed by atoms with Gasteiger partial charge in [0, 0.05) is 21.1 Å². The van der Waals surface area contributed by atoms with Gasteiger partial charge in [-0.15, -0.1) is 0 Å². The molecule has 1 atom stereocenters. The fourth-order valence-electron chi connectivity index (χ4n) is 2.21. The minimum Gasteiger partial charge on any atom is -0.338 e. The van der Waals surface area contributed by atoms with Crippen LogP contribution in [0.25, 0.3) is 0 Å². The van der Waals surface area contributed by atoms with Gasteiger partial charge in [0.05, 0.1) is 5.56 Å². The zero-order valence-corrected chi connectivity index (χ0v) is 13.5. The first-order chi connectivity index (χ1) is 8.08. The number of piperidine rings is 1. The molecule has 0 saturated carbocycles. The van der Waals surface area contributed by atoms with Crippen LogP contribution in [0.1, 0.15) is 30.1 Å². The molecule has 0 aromatic heterocycles. The van der Waals surface area contributed by atoms with Crippen LogP contribution in [-0.2, 0) is 0 Å². The van der Waals surface area contributed by atoms with Gasteiger partial charge in [-0.1, -0.05) is 6.92 Å². The largest absolute Gasteiger partial charge is 0.338 e. The van der Waals surface area contributed by atoms with Gasteiger partial charge in [-0.3, -0.25) is 4.79 Å². The van der Waals surface area contributed by atoms with Crippen LogP contribution < -0.4 is 0 Å². The Hall–Kier alpha value is -0.100. The van der Waals surface area contributed by atoms with Gasteiger partial charge < -0.3 is 4.90 Å². The predicted molar refractivity (Wildman–Crippen MR) is 81.2 cm³/mol. The number of carbonyl (C=O) groups excluding carboxylic acids is 1. The molecule has 1 unspecified atom stereocenters. The van der Waals surface area contributed by atoms with Crippen molar-refractivity contribution >= 4 is 44.4 Å². The number of hydrogen-bond donors (Lipinski definition) is 0. The first kappa shape index (κ1) is 13.3. The second-order valence-electron chi connectivity index (χ2n) is 4.62. The number of likely N-dealkylation sites (tertiary alicyclic amines) is 1. The molecule has 2 nitrogen and oxygen atoms in total. The van der Waals surface area contributed by atoms with Crippen LogP contribution in [0.4, 0.5) is 0 Å². The van der Waals surface area contributed by atoms with Gasteiger partial charge in [0.15, 0.2) is 0 Å². The average Bonchev–Trinajstić information content (AvgIpc) is 2.31. The highest BCUT2D eigenvalue weighted by Crippen LogP contribution is 2.24. The maximum Gasteiger partial charge on any atom is 0.255 e. The molecule has 0 N–H and O–H groups in total.